The minimum atomic E-state index is -0.859. The number of likely N-dealkylation sites (tertiary alicyclic amines) is 1. The zero-order valence-corrected chi connectivity index (χ0v) is 12.8. The SMILES string of the molecule is Cn1ccnc1CN1CCC[C@H](c2cccc(C(=O)O)c2)C1. The Balaban J connectivity index is 1.71. The molecule has 1 aromatic heterocycles. The van der Waals surface area contributed by atoms with Crippen LogP contribution in [0.15, 0.2) is 36.7 Å². The molecular weight excluding hydrogens is 278 g/mol. The molecule has 2 aromatic rings. The Labute approximate surface area is 130 Å². The van der Waals surface area contributed by atoms with Gasteiger partial charge in [-0.25, -0.2) is 9.78 Å². The monoisotopic (exact) mass is 299 g/mol. The Morgan fingerprint density at radius 1 is 1.45 bits per heavy atom. The maximum absolute atomic E-state index is 11.1. The van der Waals surface area contributed by atoms with Crippen molar-refractivity contribution >= 4 is 5.97 Å². The van der Waals surface area contributed by atoms with E-state index in [2.05, 4.69) is 14.5 Å². The van der Waals surface area contributed by atoms with Crippen LogP contribution < -0.4 is 0 Å². The number of nitrogens with zero attached hydrogens (tertiary/aromatic N) is 3. The maximum atomic E-state index is 11.1. The molecular formula is C17H21N3O2. The Morgan fingerprint density at radius 3 is 3.05 bits per heavy atom. The number of aromatic nitrogens is 2. The second-order valence-electron chi connectivity index (χ2n) is 5.96. The van der Waals surface area contributed by atoms with E-state index in [0.29, 0.717) is 11.5 Å². The highest BCUT2D eigenvalue weighted by molar-refractivity contribution is 5.87. The van der Waals surface area contributed by atoms with E-state index in [1.807, 2.05) is 37.6 Å². The summed E-state index contributed by atoms with van der Waals surface area (Å²) in [6.07, 6.45) is 6.03. The standard InChI is InChI=1S/C17H21N3O2/c1-19-9-7-18-16(19)12-20-8-3-6-15(11-20)13-4-2-5-14(10-13)17(21)22/h2,4-5,7,9-10,15H,3,6,8,11-12H2,1H3,(H,21,22)/t15-/m0/s1. The molecule has 1 N–H and O–H groups in total. The van der Waals surface area contributed by atoms with Crippen LogP contribution in [0.4, 0.5) is 0 Å². The van der Waals surface area contributed by atoms with Gasteiger partial charge in [-0.15, -0.1) is 0 Å². The number of carbonyl (C=O) groups is 1. The molecule has 0 unspecified atom stereocenters. The number of carboxylic acid groups (broad SMARTS) is 1. The van der Waals surface area contributed by atoms with Crippen LogP contribution in [-0.2, 0) is 13.6 Å². The Kier molecular flexibility index (Phi) is 4.24. The number of hydrogen-bond acceptors (Lipinski definition) is 3. The van der Waals surface area contributed by atoms with Gasteiger partial charge in [-0.2, -0.15) is 0 Å². The van der Waals surface area contributed by atoms with Crippen LogP contribution in [0.25, 0.3) is 0 Å². The summed E-state index contributed by atoms with van der Waals surface area (Å²) in [4.78, 5) is 17.9. The van der Waals surface area contributed by atoms with Crippen LogP contribution in [0.3, 0.4) is 0 Å². The van der Waals surface area contributed by atoms with E-state index in [1.54, 1.807) is 6.07 Å². The van der Waals surface area contributed by atoms with Crippen molar-refractivity contribution < 1.29 is 9.90 Å². The van der Waals surface area contributed by atoms with Crippen LogP contribution in [-0.4, -0.2) is 38.6 Å². The van der Waals surface area contributed by atoms with E-state index in [0.717, 1.165) is 43.9 Å². The molecule has 5 heteroatoms. The van der Waals surface area contributed by atoms with Crippen LogP contribution in [0, 0.1) is 0 Å². The molecule has 22 heavy (non-hydrogen) atoms. The van der Waals surface area contributed by atoms with Crippen molar-refractivity contribution in [2.24, 2.45) is 7.05 Å². The minimum Gasteiger partial charge on any atom is -0.478 e. The van der Waals surface area contributed by atoms with E-state index >= 15 is 0 Å². The van der Waals surface area contributed by atoms with Crippen molar-refractivity contribution in [1.82, 2.24) is 14.5 Å². The number of hydrogen-bond donors (Lipinski definition) is 1. The lowest BCUT2D eigenvalue weighted by Gasteiger charge is -2.32. The van der Waals surface area contributed by atoms with Crippen LogP contribution in [0.2, 0.25) is 0 Å². The highest BCUT2D eigenvalue weighted by atomic mass is 16.4. The van der Waals surface area contributed by atoms with Crippen LogP contribution >= 0.6 is 0 Å². The highest BCUT2D eigenvalue weighted by Gasteiger charge is 2.22. The molecule has 0 radical (unpaired) electrons. The first kappa shape index (κ1) is 14.8. The van der Waals surface area contributed by atoms with Gasteiger partial charge >= 0.3 is 5.97 Å². The number of benzene rings is 1. The summed E-state index contributed by atoms with van der Waals surface area (Å²) >= 11 is 0. The summed E-state index contributed by atoms with van der Waals surface area (Å²) in [7, 11) is 2.01. The Bertz CT molecular complexity index is 665. The van der Waals surface area contributed by atoms with E-state index < -0.39 is 5.97 Å². The Hall–Kier alpha value is -2.14. The molecule has 1 aromatic carbocycles. The predicted octanol–water partition coefficient (Wildman–Crippen LogP) is 2.50. The second-order valence-corrected chi connectivity index (χ2v) is 5.96. The van der Waals surface area contributed by atoms with Gasteiger partial charge in [0.2, 0.25) is 0 Å². The minimum absolute atomic E-state index is 0.374. The number of aromatic carboxylic acids is 1. The molecule has 2 heterocycles. The number of imidazole rings is 1. The average Bonchev–Trinajstić information content (AvgIpc) is 2.93. The summed E-state index contributed by atoms with van der Waals surface area (Å²) in [5.41, 5.74) is 1.50. The van der Waals surface area contributed by atoms with Crippen molar-refractivity contribution in [2.45, 2.75) is 25.3 Å². The number of rotatable bonds is 4. The molecule has 0 saturated carbocycles. The van der Waals surface area contributed by atoms with E-state index in [1.165, 1.54) is 0 Å². The lowest BCUT2D eigenvalue weighted by atomic mass is 9.89. The summed E-state index contributed by atoms with van der Waals surface area (Å²) in [5, 5.41) is 9.14. The predicted molar refractivity (Wildman–Crippen MR) is 83.9 cm³/mol. The molecule has 116 valence electrons. The summed E-state index contributed by atoms with van der Waals surface area (Å²) in [5.74, 6) is 0.607. The van der Waals surface area contributed by atoms with Gasteiger partial charge in [0.1, 0.15) is 5.82 Å². The van der Waals surface area contributed by atoms with Gasteiger partial charge in [-0.3, -0.25) is 4.90 Å². The summed E-state index contributed by atoms with van der Waals surface area (Å²) in [6.45, 7) is 2.87. The molecule has 1 saturated heterocycles. The van der Waals surface area contributed by atoms with Crippen molar-refractivity contribution in [1.29, 1.82) is 0 Å². The smallest absolute Gasteiger partial charge is 0.335 e. The molecule has 5 nitrogen and oxygen atoms in total. The summed E-state index contributed by atoms with van der Waals surface area (Å²) < 4.78 is 2.05. The Morgan fingerprint density at radius 2 is 2.32 bits per heavy atom. The fraction of sp³-hybridized carbons (Fsp3) is 0.412. The molecule has 0 bridgehead atoms. The van der Waals surface area contributed by atoms with Crippen molar-refractivity contribution in [3.05, 3.63) is 53.6 Å². The third-order valence-electron chi connectivity index (χ3n) is 4.40. The topological polar surface area (TPSA) is 58.4 Å². The van der Waals surface area contributed by atoms with Crippen molar-refractivity contribution in [3.63, 3.8) is 0 Å². The van der Waals surface area contributed by atoms with Gasteiger partial charge in [0.05, 0.1) is 12.1 Å². The van der Waals surface area contributed by atoms with E-state index in [-0.39, 0.29) is 0 Å². The summed E-state index contributed by atoms with van der Waals surface area (Å²) in [6, 6.07) is 7.36. The lowest BCUT2D eigenvalue weighted by Crippen LogP contribution is -2.34. The fourth-order valence-corrected chi connectivity index (χ4v) is 3.15. The number of piperidine rings is 1. The van der Waals surface area contributed by atoms with Gasteiger partial charge < -0.3 is 9.67 Å². The van der Waals surface area contributed by atoms with Crippen molar-refractivity contribution in [2.75, 3.05) is 13.1 Å². The van der Waals surface area contributed by atoms with E-state index in [9.17, 15) is 4.79 Å². The van der Waals surface area contributed by atoms with E-state index in [4.69, 9.17) is 5.11 Å². The van der Waals surface area contributed by atoms with Gasteiger partial charge in [0.25, 0.3) is 0 Å². The van der Waals surface area contributed by atoms with Crippen molar-refractivity contribution in [3.8, 4) is 0 Å². The first-order chi connectivity index (χ1) is 10.6. The molecule has 0 amide bonds. The van der Waals surface area contributed by atoms with Gasteiger partial charge in [0, 0.05) is 26.0 Å². The number of carboxylic acids is 1. The van der Waals surface area contributed by atoms with Gasteiger partial charge in [0.15, 0.2) is 0 Å². The third kappa shape index (κ3) is 3.20. The highest BCUT2D eigenvalue weighted by Crippen LogP contribution is 2.28. The molecule has 1 aliphatic rings. The quantitative estimate of drug-likeness (QED) is 0.942. The largest absolute Gasteiger partial charge is 0.478 e. The molecule has 0 aliphatic carbocycles. The zero-order valence-electron chi connectivity index (χ0n) is 12.8. The fourth-order valence-electron chi connectivity index (χ4n) is 3.15. The molecule has 1 aliphatic heterocycles. The molecule has 1 atom stereocenters. The number of aryl methyl sites for hydroxylation is 1. The molecule has 0 spiro atoms. The maximum Gasteiger partial charge on any atom is 0.335 e. The first-order valence-electron chi connectivity index (χ1n) is 7.65. The normalized spacial score (nSPS) is 19.2. The van der Waals surface area contributed by atoms with Gasteiger partial charge in [-0.05, 0) is 43.0 Å². The van der Waals surface area contributed by atoms with Crippen LogP contribution in [0.5, 0.6) is 0 Å². The average molecular weight is 299 g/mol. The first-order valence-corrected chi connectivity index (χ1v) is 7.65. The van der Waals surface area contributed by atoms with Gasteiger partial charge in [-0.1, -0.05) is 12.1 Å². The molecule has 3 rings (SSSR count). The zero-order chi connectivity index (χ0) is 15.5. The molecule has 1 fully saturated rings. The van der Waals surface area contributed by atoms with Crippen LogP contribution in [0.1, 0.15) is 40.5 Å². The third-order valence-corrected chi connectivity index (χ3v) is 4.40. The second kappa shape index (κ2) is 6.32. The lowest BCUT2D eigenvalue weighted by molar-refractivity contribution is 0.0696.